The average molecular weight is 279 g/mol. The predicted molar refractivity (Wildman–Crippen MR) is 75.8 cm³/mol. The third-order valence-electron chi connectivity index (χ3n) is 2.85. The van der Waals surface area contributed by atoms with Crippen molar-refractivity contribution < 1.29 is 4.79 Å². The van der Waals surface area contributed by atoms with Crippen molar-refractivity contribution >= 4 is 22.4 Å². The molecule has 0 aliphatic rings. The quantitative estimate of drug-likeness (QED) is 0.887. The van der Waals surface area contributed by atoms with E-state index in [1.807, 2.05) is 18.6 Å². The fraction of sp³-hybridized carbons (Fsp3) is 0.417. The molecular formula is C12H17N5OS. The average Bonchev–Trinajstić information content (AvgIpc) is 2.98. The summed E-state index contributed by atoms with van der Waals surface area (Å²) in [7, 11) is 1.85. The number of nitrogens with one attached hydrogen (secondary N) is 1. The maximum absolute atomic E-state index is 12.0. The summed E-state index contributed by atoms with van der Waals surface area (Å²) >= 11 is 1.39. The lowest BCUT2D eigenvalue weighted by molar-refractivity contribution is -0.123. The highest BCUT2D eigenvalue weighted by Crippen LogP contribution is 2.25. The SMILES string of the molecule is Cn1cc(-c2csc(NC(=O)C(C)(C)CN)n2)cn1. The van der Waals surface area contributed by atoms with E-state index in [0.717, 1.165) is 11.3 Å². The zero-order valence-corrected chi connectivity index (χ0v) is 12.0. The molecule has 0 fully saturated rings. The fourth-order valence-corrected chi connectivity index (χ4v) is 2.09. The van der Waals surface area contributed by atoms with Crippen LogP contribution in [-0.4, -0.2) is 27.2 Å². The minimum absolute atomic E-state index is 0.123. The Labute approximate surface area is 115 Å². The van der Waals surface area contributed by atoms with Gasteiger partial charge in [-0.2, -0.15) is 5.10 Å². The molecule has 0 saturated heterocycles. The summed E-state index contributed by atoms with van der Waals surface area (Å²) in [5, 5.41) is 9.35. The van der Waals surface area contributed by atoms with Gasteiger partial charge in [-0.15, -0.1) is 11.3 Å². The molecule has 0 aliphatic heterocycles. The lowest BCUT2D eigenvalue weighted by Gasteiger charge is -2.19. The Kier molecular flexibility index (Phi) is 3.68. The van der Waals surface area contributed by atoms with Gasteiger partial charge in [0.25, 0.3) is 0 Å². The second-order valence-corrected chi connectivity index (χ2v) is 5.84. The maximum Gasteiger partial charge on any atom is 0.233 e. The van der Waals surface area contributed by atoms with E-state index in [0.29, 0.717) is 11.7 Å². The molecule has 2 rings (SSSR count). The molecule has 0 aliphatic carbocycles. The normalized spacial score (nSPS) is 11.6. The number of carbonyl (C=O) groups is 1. The zero-order valence-electron chi connectivity index (χ0n) is 11.2. The molecule has 0 radical (unpaired) electrons. The highest BCUT2D eigenvalue weighted by Gasteiger charge is 2.26. The first-order chi connectivity index (χ1) is 8.92. The molecule has 0 atom stereocenters. The van der Waals surface area contributed by atoms with Crippen LogP contribution in [-0.2, 0) is 11.8 Å². The largest absolute Gasteiger partial charge is 0.329 e. The van der Waals surface area contributed by atoms with E-state index in [4.69, 9.17) is 5.73 Å². The highest BCUT2D eigenvalue weighted by atomic mass is 32.1. The van der Waals surface area contributed by atoms with Gasteiger partial charge >= 0.3 is 0 Å². The van der Waals surface area contributed by atoms with Crippen LogP contribution < -0.4 is 11.1 Å². The van der Waals surface area contributed by atoms with Crippen LogP contribution in [0.1, 0.15) is 13.8 Å². The Hall–Kier alpha value is -1.73. The van der Waals surface area contributed by atoms with Crippen LogP contribution in [0, 0.1) is 5.41 Å². The number of anilines is 1. The number of amides is 1. The van der Waals surface area contributed by atoms with Crippen molar-refractivity contribution in [2.45, 2.75) is 13.8 Å². The van der Waals surface area contributed by atoms with Crippen molar-refractivity contribution in [3.05, 3.63) is 17.8 Å². The van der Waals surface area contributed by atoms with Gasteiger partial charge in [0.2, 0.25) is 5.91 Å². The minimum Gasteiger partial charge on any atom is -0.329 e. The van der Waals surface area contributed by atoms with Gasteiger partial charge in [-0.3, -0.25) is 9.48 Å². The van der Waals surface area contributed by atoms with Crippen LogP contribution in [0.2, 0.25) is 0 Å². The fourth-order valence-electron chi connectivity index (χ4n) is 1.38. The first-order valence-electron chi connectivity index (χ1n) is 5.88. The first kappa shape index (κ1) is 13.7. The molecule has 2 aromatic heterocycles. The van der Waals surface area contributed by atoms with Gasteiger partial charge in [-0.1, -0.05) is 0 Å². The van der Waals surface area contributed by atoms with Crippen LogP contribution in [0.3, 0.4) is 0 Å². The molecule has 3 N–H and O–H groups in total. The molecule has 7 heteroatoms. The van der Waals surface area contributed by atoms with Crippen molar-refractivity contribution in [3.8, 4) is 11.3 Å². The van der Waals surface area contributed by atoms with Gasteiger partial charge in [-0.25, -0.2) is 4.98 Å². The lowest BCUT2D eigenvalue weighted by Crippen LogP contribution is -2.37. The van der Waals surface area contributed by atoms with E-state index in [2.05, 4.69) is 15.4 Å². The number of rotatable bonds is 4. The van der Waals surface area contributed by atoms with E-state index in [9.17, 15) is 4.79 Å². The topological polar surface area (TPSA) is 85.8 Å². The summed E-state index contributed by atoms with van der Waals surface area (Å²) in [4.78, 5) is 16.3. The van der Waals surface area contributed by atoms with Crippen LogP contribution in [0.25, 0.3) is 11.3 Å². The molecule has 2 heterocycles. The van der Waals surface area contributed by atoms with Crippen molar-refractivity contribution in [3.63, 3.8) is 0 Å². The Morgan fingerprint density at radius 2 is 2.32 bits per heavy atom. The van der Waals surface area contributed by atoms with Crippen LogP contribution in [0.15, 0.2) is 17.8 Å². The van der Waals surface area contributed by atoms with Crippen LogP contribution >= 0.6 is 11.3 Å². The van der Waals surface area contributed by atoms with Gasteiger partial charge < -0.3 is 11.1 Å². The van der Waals surface area contributed by atoms with Crippen LogP contribution in [0.5, 0.6) is 0 Å². The summed E-state index contributed by atoms with van der Waals surface area (Å²) in [6, 6.07) is 0. The summed E-state index contributed by atoms with van der Waals surface area (Å²) in [6.07, 6.45) is 3.62. The molecule has 1 amide bonds. The smallest absolute Gasteiger partial charge is 0.233 e. The molecule has 0 unspecified atom stereocenters. The van der Waals surface area contributed by atoms with Gasteiger partial charge in [0.1, 0.15) is 0 Å². The summed E-state index contributed by atoms with van der Waals surface area (Å²) < 4.78 is 1.71. The zero-order chi connectivity index (χ0) is 14.0. The Bertz CT molecular complexity index is 586. The van der Waals surface area contributed by atoms with E-state index in [-0.39, 0.29) is 5.91 Å². The van der Waals surface area contributed by atoms with Crippen molar-refractivity contribution in [1.82, 2.24) is 14.8 Å². The van der Waals surface area contributed by atoms with Gasteiger partial charge in [0.05, 0.1) is 17.3 Å². The lowest BCUT2D eigenvalue weighted by atomic mass is 9.93. The van der Waals surface area contributed by atoms with Crippen molar-refractivity contribution in [2.75, 3.05) is 11.9 Å². The number of aromatic nitrogens is 3. The highest BCUT2D eigenvalue weighted by molar-refractivity contribution is 7.14. The monoisotopic (exact) mass is 279 g/mol. The van der Waals surface area contributed by atoms with E-state index in [1.165, 1.54) is 11.3 Å². The molecular weight excluding hydrogens is 262 g/mol. The summed E-state index contributed by atoms with van der Waals surface area (Å²) in [6.45, 7) is 3.90. The number of thiazole rings is 1. The second-order valence-electron chi connectivity index (χ2n) is 4.98. The molecule has 0 aromatic carbocycles. The number of aryl methyl sites for hydroxylation is 1. The van der Waals surface area contributed by atoms with E-state index in [1.54, 1.807) is 24.7 Å². The van der Waals surface area contributed by atoms with Gasteiger partial charge in [-0.05, 0) is 13.8 Å². The predicted octanol–water partition coefficient (Wildman–Crippen LogP) is 1.47. The Balaban J connectivity index is 2.12. The van der Waals surface area contributed by atoms with Crippen molar-refractivity contribution in [2.24, 2.45) is 18.2 Å². The number of nitrogens with zero attached hydrogens (tertiary/aromatic N) is 3. The summed E-state index contributed by atoms with van der Waals surface area (Å²) in [5.74, 6) is -0.123. The third-order valence-corrected chi connectivity index (χ3v) is 3.61. The Morgan fingerprint density at radius 3 is 2.89 bits per heavy atom. The first-order valence-corrected chi connectivity index (χ1v) is 6.76. The number of nitrogens with two attached hydrogens (primary N) is 1. The third kappa shape index (κ3) is 2.99. The van der Waals surface area contributed by atoms with Crippen molar-refractivity contribution in [1.29, 1.82) is 0 Å². The molecule has 0 spiro atoms. The van der Waals surface area contributed by atoms with Gasteiger partial charge in [0.15, 0.2) is 5.13 Å². The molecule has 6 nitrogen and oxygen atoms in total. The Morgan fingerprint density at radius 1 is 1.58 bits per heavy atom. The summed E-state index contributed by atoms with van der Waals surface area (Å²) in [5.41, 5.74) is 6.71. The van der Waals surface area contributed by atoms with E-state index < -0.39 is 5.41 Å². The standard InChI is InChI=1S/C12H17N5OS/c1-12(2,7-13)10(18)16-11-15-9(6-19-11)8-4-14-17(3)5-8/h4-6H,7,13H2,1-3H3,(H,15,16,18). The number of hydrogen-bond acceptors (Lipinski definition) is 5. The second kappa shape index (κ2) is 5.10. The van der Waals surface area contributed by atoms with Gasteiger partial charge in [0, 0.05) is 30.7 Å². The number of carbonyl (C=O) groups excluding carboxylic acids is 1. The van der Waals surface area contributed by atoms with Crippen LogP contribution in [0.4, 0.5) is 5.13 Å². The minimum atomic E-state index is -0.597. The molecule has 0 saturated carbocycles. The van der Waals surface area contributed by atoms with E-state index >= 15 is 0 Å². The maximum atomic E-state index is 12.0. The molecule has 0 bridgehead atoms. The molecule has 19 heavy (non-hydrogen) atoms. The molecule has 102 valence electrons. The number of hydrogen-bond donors (Lipinski definition) is 2. The molecule has 2 aromatic rings.